The minimum atomic E-state index is -0.953. The molecule has 134 valence electrons. The molecule has 1 spiro atoms. The van der Waals surface area contributed by atoms with Gasteiger partial charge in [0.1, 0.15) is 5.66 Å². The zero-order chi connectivity index (χ0) is 18.2. The Morgan fingerprint density at radius 3 is 2.32 bits per heavy atom. The first kappa shape index (κ1) is 17.3. The van der Waals surface area contributed by atoms with Crippen molar-refractivity contribution in [3.05, 3.63) is 29.8 Å². The Morgan fingerprint density at radius 1 is 1.16 bits per heavy atom. The van der Waals surface area contributed by atoms with Gasteiger partial charge in [-0.05, 0) is 57.2 Å². The molecule has 1 aromatic carbocycles. The molecular weight excluding hydrogens is 318 g/mol. The molecular formula is C18H25N5O2. The molecule has 1 aliphatic heterocycles. The normalized spacial score (nSPS) is 20.2. The third kappa shape index (κ3) is 2.94. The first-order chi connectivity index (χ1) is 11.8. The molecule has 0 unspecified atom stereocenters. The third-order valence-corrected chi connectivity index (χ3v) is 5.23. The Labute approximate surface area is 147 Å². The maximum Gasteiger partial charge on any atom is 0.313 e. The molecule has 0 amide bonds. The van der Waals surface area contributed by atoms with E-state index in [4.69, 9.17) is 11.5 Å². The molecule has 1 fully saturated rings. The van der Waals surface area contributed by atoms with Crippen molar-refractivity contribution in [3.8, 4) is 0 Å². The number of nitrogens with zero attached hydrogens (tertiary/aromatic N) is 3. The van der Waals surface area contributed by atoms with E-state index in [1.54, 1.807) is 13.8 Å². The summed E-state index contributed by atoms with van der Waals surface area (Å²) in [6.07, 6.45) is 5.03. The minimum absolute atomic E-state index is 0.222. The SMILES string of the molecule is CC(C)(C(=O)O)c1ccc(N2C(N)=NC(N)=NC23CCCCC3)cc1. The number of aliphatic imine (C=N–C) groups is 2. The first-order valence-electron chi connectivity index (χ1n) is 8.60. The van der Waals surface area contributed by atoms with E-state index in [1.165, 1.54) is 6.42 Å². The van der Waals surface area contributed by atoms with E-state index in [0.717, 1.165) is 36.9 Å². The average Bonchev–Trinajstić information content (AvgIpc) is 2.55. The van der Waals surface area contributed by atoms with E-state index < -0.39 is 17.0 Å². The topological polar surface area (TPSA) is 117 Å². The summed E-state index contributed by atoms with van der Waals surface area (Å²) in [6, 6.07) is 7.43. The van der Waals surface area contributed by atoms with Crippen molar-refractivity contribution >= 4 is 23.6 Å². The monoisotopic (exact) mass is 343 g/mol. The second kappa shape index (κ2) is 6.06. The first-order valence-corrected chi connectivity index (χ1v) is 8.60. The number of nitrogens with two attached hydrogens (primary N) is 2. The maximum atomic E-state index is 11.5. The van der Waals surface area contributed by atoms with Crippen molar-refractivity contribution < 1.29 is 9.90 Å². The fraction of sp³-hybridized carbons (Fsp3) is 0.500. The van der Waals surface area contributed by atoms with Gasteiger partial charge in [-0.2, -0.15) is 4.99 Å². The van der Waals surface area contributed by atoms with E-state index in [9.17, 15) is 9.90 Å². The fourth-order valence-corrected chi connectivity index (χ4v) is 3.65. The second-order valence-corrected chi connectivity index (χ2v) is 7.30. The van der Waals surface area contributed by atoms with Crippen LogP contribution in [0, 0.1) is 0 Å². The lowest BCUT2D eigenvalue weighted by atomic mass is 9.84. The Kier molecular flexibility index (Phi) is 4.18. The number of rotatable bonds is 3. The third-order valence-electron chi connectivity index (χ3n) is 5.23. The summed E-state index contributed by atoms with van der Waals surface area (Å²) in [5.74, 6) is -0.306. The number of carbonyl (C=O) groups is 1. The van der Waals surface area contributed by atoms with Crippen molar-refractivity contribution in [2.75, 3.05) is 4.90 Å². The van der Waals surface area contributed by atoms with Crippen LogP contribution >= 0.6 is 0 Å². The highest BCUT2D eigenvalue weighted by atomic mass is 16.4. The molecule has 1 aliphatic carbocycles. The van der Waals surface area contributed by atoms with Gasteiger partial charge in [-0.1, -0.05) is 18.6 Å². The fourth-order valence-electron chi connectivity index (χ4n) is 3.65. The molecule has 1 heterocycles. The van der Waals surface area contributed by atoms with Crippen molar-refractivity contribution in [2.24, 2.45) is 21.5 Å². The summed E-state index contributed by atoms with van der Waals surface area (Å²) < 4.78 is 0. The van der Waals surface area contributed by atoms with Gasteiger partial charge in [-0.25, -0.2) is 4.99 Å². The molecule has 5 N–H and O–H groups in total. The second-order valence-electron chi connectivity index (χ2n) is 7.30. The molecule has 0 radical (unpaired) electrons. The van der Waals surface area contributed by atoms with E-state index in [0.29, 0.717) is 5.96 Å². The summed E-state index contributed by atoms with van der Waals surface area (Å²) >= 11 is 0. The van der Waals surface area contributed by atoms with Crippen LogP contribution in [-0.2, 0) is 10.2 Å². The molecule has 2 aliphatic rings. The Balaban J connectivity index is 1.99. The summed E-state index contributed by atoms with van der Waals surface area (Å²) in [5.41, 5.74) is 12.2. The number of carboxylic acid groups (broad SMARTS) is 1. The Hall–Kier alpha value is -2.57. The lowest BCUT2D eigenvalue weighted by Crippen LogP contribution is -2.58. The van der Waals surface area contributed by atoms with Crippen LogP contribution in [0.25, 0.3) is 0 Å². The van der Waals surface area contributed by atoms with E-state index in [1.807, 2.05) is 29.2 Å². The van der Waals surface area contributed by atoms with Gasteiger partial charge >= 0.3 is 5.97 Å². The van der Waals surface area contributed by atoms with Crippen LogP contribution in [0.5, 0.6) is 0 Å². The Bertz CT molecular complexity index is 730. The number of benzene rings is 1. The summed E-state index contributed by atoms with van der Waals surface area (Å²) in [7, 11) is 0. The van der Waals surface area contributed by atoms with Crippen LogP contribution in [0.2, 0.25) is 0 Å². The van der Waals surface area contributed by atoms with Crippen LogP contribution in [0.1, 0.15) is 51.5 Å². The number of guanidine groups is 2. The van der Waals surface area contributed by atoms with Crippen LogP contribution in [0.4, 0.5) is 5.69 Å². The smallest absolute Gasteiger partial charge is 0.313 e. The van der Waals surface area contributed by atoms with Crippen molar-refractivity contribution in [3.63, 3.8) is 0 Å². The molecule has 7 nitrogen and oxygen atoms in total. The van der Waals surface area contributed by atoms with Gasteiger partial charge in [-0.15, -0.1) is 0 Å². The molecule has 0 bridgehead atoms. The van der Waals surface area contributed by atoms with Crippen LogP contribution < -0.4 is 16.4 Å². The van der Waals surface area contributed by atoms with Crippen LogP contribution in [-0.4, -0.2) is 28.7 Å². The highest BCUT2D eigenvalue weighted by Crippen LogP contribution is 2.39. The van der Waals surface area contributed by atoms with Crippen molar-refractivity contribution in [2.45, 2.75) is 57.0 Å². The molecule has 1 aromatic rings. The van der Waals surface area contributed by atoms with Gasteiger partial charge in [0.2, 0.25) is 11.9 Å². The van der Waals surface area contributed by atoms with E-state index >= 15 is 0 Å². The molecule has 0 saturated heterocycles. The van der Waals surface area contributed by atoms with Gasteiger partial charge in [0, 0.05) is 5.69 Å². The molecule has 7 heteroatoms. The van der Waals surface area contributed by atoms with Gasteiger partial charge in [-0.3, -0.25) is 9.69 Å². The molecule has 3 rings (SSSR count). The number of carboxylic acids is 1. The predicted octanol–water partition coefficient (Wildman–Crippen LogP) is 2.16. The van der Waals surface area contributed by atoms with E-state index in [2.05, 4.69) is 9.98 Å². The quantitative estimate of drug-likeness (QED) is 0.777. The average molecular weight is 343 g/mol. The maximum absolute atomic E-state index is 11.5. The standard InChI is InChI=1S/C18H25N5O2/c1-17(2,14(24)25)12-6-8-13(9-7-12)23-16(20)21-15(19)22-18(23)10-4-3-5-11-18/h6-9H,3-5,10-11H2,1-2H3,(H,24,25)(H4,19,20,21,22). The largest absolute Gasteiger partial charge is 0.481 e. The molecule has 0 atom stereocenters. The van der Waals surface area contributed by atoms with E-state index in [-0.39, 0.29) is 5.96 Å². The molecule has 0 aromatic heterocycles. The summed E-state index contributed by atoms with van der Waals surface area (Å²) in [4.78, 5) is 22.2. The number of hydrogen-bond donors (Lipinski definition) is 3. The van der Waals surface area contributed by atoms with Gasteiger partial charge in [0.25, 0.3) is 0 Å². The zero-order valence-electron chi connectivity index (χ0n) is 14.7. The lowest BCUT2D eigenvalue weighted by Gasteiger charge is -2.45. The molecule has 25 heavy (non-hydrogen) atoms. The predicted molar refractivity (Wildman–Crippen MR) is 98.6 cm³/mol. The van der Waals surface area contributed by atoms with Gasteiger partial charge < -0.3 is 16.6 Å². The molecule has 1 saturated carbocycles. The van der Waals surface area contributed by atoms with Gasteiger partial charge in [0.15, 0.2) is 0 Å². The lowest BCUT2D eigenvalue weighted by molar-refractivity contribution is -0.142. The van der Waals surface area contributed by atoms with Crippen molar-refractivity contribution in [1.82, 2.24) is 0 Å². The zero-order valence-corrected chi connectivity index (χ0v) is 14.7. The number of hydrogen-bond acceptors (Lipinski definition) is 6. The minimum Gasteiger partial charge on any atom is -0.481 e. The summed E-state index contributed by atoms with van der Waals surface area (Å²) in [5, 5.41) is 9.40. The number of aliphatic carboxylic acids is 1. The summed E-state index contributed by atoms with van der Waals surface area (Å²) in [6.45, 7) is 3.38. The highest BCUT2D eigenvalue weighted by molar-refractivity contribution is 6.05. The van der Waals surface area contributed by atoms with Crippen LogP contribution in [0.15, 0.2) is 34.3 Å². The number of anilines is 1. The van der Waals surface area contributed by atoms with Crippen LogP contribution in [0.3, 0.4) is 0 Å². The Morgan fingerprint density at radius 2 is 1.76 bits per heavy atom. The highest BCUT2D eigenvalue weighted by Gasteiger charge is 2.42. The van der Waals surface area contributed by atoms with Gasteiger partial charge in [0.05, 0.1) is 5.41 Å². The van der Waals surface area contributed by atoms with Crippen molar-refractivity contribution in [1.29, 1.82) is 0 Å².